The first-order chi connectivity index (χ1) is 10.5. The molecular formula is C14H12N2O6. The standard InChI is InChI=1S/C14H12N2O6/c1-21-13-5-3-9(15(17)18)7-11(13)12-8-10(16(19)20)4-6-14(12)22-2/h3-8H,1-2H3. The summed E-state index contributed by atoms with van der Waals surface area (Å²) in [4.78, 5) is 20.8. The van der Waals surface area contributed by atoms with Crippen LogP contribution in [0, 0.1) is 20.2 Å². The van der Waals surface area contributed by atoms with E-state index in [0.717, 1.165) is 0 Å². The van der Waals surface area contributed by atoms with Gasteiger partial charge in [0, 0.05) is 35.4 Å². The second kappa shape index (κ2) is 6.08. The third kappa shape index (κ3) is 2.80. The van der Waals surface area contributed by atoms with Crippen LogP contribution in [0.2, 0.25) is 0 Å². The number of nitro benzene ring substituents is 2. The van der Waals surface area contributed by atoms with Crippen molar-refractivity contribution < 1.29 is 19.3 Å². The van der Waals surface area contributed by atoms with E-state index in [4.69, 9.17) is 9.47 Å². The Hall–Kier alpha value is -3.16. The van der Waals surface area contributed by atoms with Gasteiger partial charge in [0.25, 0.3) is 11.4 Å². The Labute approximate surface area is 125 Å². The van der Waals surface area contributed by atoms with Crippen molar-refractivity contribution in [3.8, 4) is 22.6 Å². The highest BCUT2D eigenvalue weighted by molar-refractivity contribution is 5.79. The second-order valence-electron chi connectivity index (χ2n) is 4.28. The molecule has 0 aliphatic heterocycles. The van der Waals surface area contributed by atoms with Crippen LogP contribution in [0.5, 0.6) is 11.5 Å². The molecule has 0 fully saturated rings. The van der Waals surface area contributed by atoms with Crippen molar-refractivity contribution in [2.75, 3.05) is 14.2 Å². The Kier molecular flexibility index (Phi) is 4.21. The topological polar surface area (TPSA) is 105 Å². The van der Waals surface area contributed by atoms with Crippen LogP contribution in [-0.4, -0.2) is 24.1 Å². The number of ether oxygens (including phenoxy) is 2. The van der Waals surface area contributed by atoms with Gasteiger partial charge in [-0.15, -0.1) is 0 Å². The maximum absolute atomic E-state index is 10.9. The van der Waals surface area contributed by atoms with E-state index in [1.807, 2.05) is 0 Å². The lowest BCUT2D eigenvalue weighted by Crippen LogP contribution is -1.96. The quantitative estimate of drug-likeness (QED) is 0.620. The summed E-state index contributed by atoms with van der Waals surface area (Å²) in [5, 5.41) is 21.9. The van der Waals surface area contributed by atoms with Crippen molar-refractivity contribution in [2.45, 2.75) is 0 Å². The molecule has 0 atom stereocenters. The summed E-state index contributed by atoms with van der Waals surface area (Å²) in [5.41, 5.74) is 0.392. The molecule has 0 aliphatic rings. The molecule has 2 aromatic rings. The third-order valence-corrected chi connectivity index (χ3v) is 3.08. The molecule has 0 N–H and O–H groups in total. The molecule has 22 heavy (non-hydrogen) atoms. The molecule has 0 unspecified atom stereocenters. The zero-order valence-corrected chi connectivity index (χ0v) is 11.8. The van der Waals surface area contributed by atoms with Crippen LogP contribution in [0.4, 0.5) is 11.4 Å². The number of benzene rings is 2. The van der Waals surface area contributed by atoms with Crippen LogP contribution in [0.1, 0.15) is 0 Å². The smallest absolute Gasteiger partial charge is 0.270 e. The van der Waals surface area contributed by atoms with Crippen LogP contribution in [0.3, 0.4) is 0 Å². The van der Waals surface area contributed by atoms with Crippen LogP contribution in [0.25, 0.3) is 11.1 Å². The SMILES string of the molecule is COc1ccc([N+](=O)[O-])cc1-c1cc([N+](=O)[O-])ccc1OC. The minimum absolute atomic E-state index is 0.149. The number of non-ortho nitro benzene ring substituents is 2. The number of nitrogens with zero attached hydrogens (tertiary/aromatic N) is 2. The fourth-order valence-corrected chi connectivity index (χ4v) is 2.04. The van der Waals surface area contributed by atoms with Crippen LogP contribution in [-0.2, 0) is 0 Å². The molecule has 0 saturated carbocycles. The molecule has 0 aliphatic carbocycles. The minimum Gasteiger partial charge on any atom is -0.496 e. The lowest BCUT2D eigenvalue weighted by molar-refractivity contribution is -0.385. The highest BCUT2D eigenvalue weighted by atomic mass is 16.6. The summed E-state index contributed by atoms with van der Waals surface area (Å²) < 4.78 is 10.4. The molecule has 0 heterocycles. The molecule has 0 aromatic heterocycles. The van der Waals surface area contributed by atoms with E-state index in [-0.39, 0.29) is 11.4 Å². The molecular weight excluding hydrogens is 292 g/mol. The molecule has 114 valence electrons. The van der Waals surface area contributed by atoms with Gasteiger partial charge in [0.1, 0.15) is 11.5 Å². The Balaban J connectivity index is 2.72. The maximum Gasteiger partial charge on any atom is 0.270 e. The van der Waals surface area contributed by atoms with E-state index >= 15 is 0 Å². The average molecular weight is 304 g/mol. The van der Waals surface area contributed by atoms with Crippen molar-refractivity contribution in [3.05, 3.63) is 56.6 Å². The lowest BCUT2D eigenvalue weighted by atomic mass is 10.0. The fourth-order valence-electron chi connectivity index (χ4n) is 2.04. The summed E-state index contributed by atoms with van der Waals surface area (Å²) in [5.74, 6) is 0.703. The van der Waals surface area contributed by atoms with Crippen molar-refractivity contribution in [2.24, 2.45) is 0 Å². The van der Waals surface area contributed by atoms with Gasteiger partial charge in [0.15, 0.2) is 0 Å². The Morgan fingerprint density at radius 1 is 0.773 bits per heavy atom. The molecule has 0 amide bonds. The number of hydrogen-bond donors (Lipinski definition) is 0. The Morgan fingerprint density at radius 3 is 1.41 bits per heavy atom. The van der Waals surface area contributed by atoms with Gasteiger partial charge < -0.3 is 9.47 Å². The summed E-state index contributed by atoms with van der Waals surface area (Å²) in [6.07, 6.45) is 0. The Bertz CT molecular complexity index is 681. The molecule has 2 aromatic carbocycles. The first kappa shape index (κ1) is 15.2. The first-order valence-electron chi connectivity index (χ1n) is 6.13. The van der Waals surface area contributed by atoms with Gasteiger partial charge in [-0.2, -0.15) is 0 Å². The van der Waals surface area contributed by atoms with Gasteiger partial charge in [-0.3, -0.25) is 20.2 Å². The van der Waals surface area contributed by atoms with Crippen molar-refractivity contribution >= 4 is 11.4 Å². The fraction of sp³-hybridized carbons (Fsp3) is 0.143. The molecule has 2 rings (SSSR count). The highest BCUT2D eigenvalue weighted by Gasteiger charge is 2.19. The van der Waals surface area contributed by atoms with Gasteiger partial charge >= 0.3 is 0 Å². The van der Waals surface area contributed by atoms with Crippen molar-refractivity contribution in [3.63, 3.8) is 0 Å². The highest BCUT2D eigenvalue weighted by Crippen LogP contribution is 2.40. The monoisotopic (exact) mass is 304 g/mol. The molecule has 0 radical (unpaired) electrons. The molecule has 0 saturated heterocycles. The first-order valence-corrected chi connectivity index (χ1v) is 6.13. The van der Waals surface area contributed by atoms with Crippen molar-refractivity contribution in [1.82, 2.24) is 0 Å². The maximum atomic E-state index is 10.9. The number of hydrogen-bond acceptors (Lipinski definition) is 6. The molecule has 8 heteroatoms. The normalized spacial score (nSPS) is 10.1. The largest absolute Gasteiger partial charge is 0.496 e. The molecule has 0 bridgehead atoms. The summed E-state index contributed by atoms with van der Waals surface area (Å²) in [6.45, 7) is 0. The predicted molar refractivity (Wildman–Crippen MR) is 78.3 cm³/mol. The van der Waals surface area contributed by atoms with E-state index in [2.05, 4.69) is 0 Å². The average Bonchev–Trinajstić information content (AvgIpc) is 2.53. The van der Waals surface area contributed by atoms with E-state index in [1.165, 1.54) is 50.6 Å². The lowest BCUT2D eigenvalue weighted by Gasteiger charge is -2.12. The number of methoxy groups -OCH3 is 2. The third-order valence-electron chi connectivity index (χ3n) is 3.08. The summed E-state index contributed by atoms with van der Waals surface area (Å²) in [7, 11) is 2.82. The van der Waals surface area contributed by atoms with Crippen LogP contribution >= 0.6 is 0 Å². The minimum atomic E-state index is -0.549. The molecule has 8 nitrogen and oxygen atoms in total. The second-order valence-corrected chi connectivity index (χ2v) is 4.28. The van der Waals surface area contributed by atoms with Gasteiger partial charge in [-0.25, -0.2) is 0 Å². The Morgan fingerprint density at radius 2 is 1.14 bits per heavy atom. The van der Waals surface area contributed by atoms with Gasteiger partial charge in [0.05, 0.1) is 24.1 Å². The van der Waals surface area contributed by atoms with Gasteiger partial charge in [0.2, 0.25) is 0 Å². The predicted octanol–water partition coefficient (Wildman–Crippen LogP) is 3.19. The van der Waals surface area contributed by atoms with Gasteiger partial charge in [-0.05, 0) is 12.1 Å². The van der Waals surface area contributed by atoms with Gasteiger partial charge in [-0.1, -0.05) is 0 Å². The molecule has 0 spiro atoms. The number of rotatable bonds is 5. The van der Waals surface area contributed by atoms with Crippen molar-refractivity contribution in [1.29, 1.82) is 0 Å². The van der Waals surface area contributed by atoms with E-state index in [1.54, 1.807) is 0 Å². The summed E-state index contributed by atoms with van der Waals surface area (Å²) in [6, 6.07) is 8.05. The zero-order chi connectivity index (χ0) is 16.3. The zero-order valence-electron chi connectivity index (χ0n) is 11.8. The van der Waals surface area contributed by atoms with E-state index in [0.29, 0.717) is 22.6 Å². The van der Waals surface area contributed by atoms with E-state index < -0.39 is 9.85 Å². The summed E-state index contributed by atoms with van der Waals surface area (Å²) >= 11 is 0. The van der Waals surface area contributed by atoms with E-state index in [9.17, 15) is 20.2 Å². The van der Waals surface area contributed by atoms with Crippen LogP contribution < -0.4 is 9.47 Å². The number of nitro groups is 2. The van der Waals surface area contributed by atoms with Crippen LogP contribution in [0.15, 0.2) is 36.4 Å².